The fourth-order valence-electron chi connectivity index (χ4n) is 3.14. The smallest absolute Gasteiger partial charge is 0.0544 e. The van der Waals surface area contributed by atoms with Gasteiger partial charge in [0, 0.05) is 42.9 Å². The van der Waals surface area contributed by atoms with E-state index in [2.05, 4.69) is 59.5 Å². The van der Waals surface area contributed by atoms with Crippen molar-refractivity contribution in [3.63, 3.8) is 0 Å². The Hall–Kier alpha value is -1.84. The third-order valence-electron chi connectivity index (χ3n) is 4.41. The molecule has 1 aromatic heterocycles. The van der Waals surface area contributed by atoms with Crippen LogP contribution in [0, 0.1) is 0 Å². The van der Waals surface area contributed by atoms with Crippen LogP contribution < -0.4 is 0 Å². The first-order valence-corrected chi connectivity index (χ1v) is 9.29. The van der Waals surface area contributed by atoms with Crippen LogP contribution in [0.5, 0.6) is 0 Å². The number of fused-ring (bicyclic) bond motifs is 1. The van der Waals surface area contributed by atoms with E-state index in [0.29, 0.717) is 0 Å². The first-order chi connectivity index (χ1) is 11.4. The van der Waals surface area contributed by atoms with Crippen molar-refractivity contribution in [3.05, 3.63) is 66.5 Å². The maximum Gasteiger partial charge on any atom is 0.0544 e. The number of nitrogens with zero attached hydrogens (tertiary/aromatic N) is 2. The van der Waals surface area contributed by atoms with Gasteiger partial charge in [-0.15, -0.1) is 0 Å². The number of hydrogen-bond donors (Lipinski definition) is 0. The van der Waals surface area contributed by atoms with Crippen LogP contribution in [0.3, 0.4) is 0 Å². The van der Waals surface area contributed by atoms with Crippen molar-refractivity contribution in [1.82, 2.24) is 9.88 Å². The molecule has 1 aliphatic heterocycles. The molecule has 0 N–H and O–H groups in total. The third kappa shape index (κ3) is 3.26. The van der Waals surface area contributed by atoms with E-state index in [0.717, 1.165) is 6.54 Å². The molecule has 116 valence electrons. The molecule has 3 heteroatoms. The highest BCUT2D eigenvalue weighted by molar-refractivity contribution is 7.99. The molecule has 2 aromatic carbocycles. The minimum absolute atomic E-state index is 0.969. The van der Waals surface area contributed by atoms with Crippen LogP contribution in [0.25, 0.3) is 21.9 Å². The molecule has 1 saturated heterocycles. The second kappa shape index (κ2) is 6.73. The van der Waals surface area contributed by atoms with Crippen molar-refractivity contribution >= 4 is 22.5 Å². The molecule has 0 spiro atoms. The lowest BCUT2D eigenvalue weighted by Gasteiger charge is -2.25. The van der Waals surface area contributed by atoms with Crippen molar-refractivity contribution in [2.24, 2.45) is 0 Å². The molecule has 0 saturated carbocycles. The van der Waals surface area contributed by atoms with Gasteiger partial charge in [-0.1, -0.05) is 48.5 Å². The third-order valence-corrected chi connectivity index (χ3v) is 5.36. The average Bonchev–Trinajstić information content (AvgIpc) is 2.63. The zero-order valence-electron chi connectivity index (χ0n) is 13.1. The number of aromatic nitrogens is 1. The lowest BCUT2D eigenvalue weighted by molar-refractivity contribution is 0.291. The Morgan fingerprint density at radius 1 is 0.913 bits per heavy atom. The van der Waals surface area contributed by atoms with Crippen molar-refractivity contribution in [3.8, 4) is 11.1 Å². The first-order valence-electron chi connectivity index (χ1n) is 8.13. The van der Waals surface area contributed by atoms with Crippen molar-refractivity contribution in [1.29, 1.82) is 0 Å². The van der Waals surface area contributed by atoms with Crippen LogP contribution >= 0.6 is 11.8 Å². The summed E-state index contributed by atoms with van der Waals surface area (Å²) in [5.74, 6) is 2.49. The molecule has 1 fully saturated rings. The van der Waals surface area contributed by atoms with Crippen LogP contribution in [0.15, 0.2) is 60.8 Å². The normalized spacial score (nSPS) is 15.8. The molecule has 3 aromatic rings. The van der Waals surface area contributed by atoms with Crippen LogP contribution in [0.1, 0.15) is 5.69 Å². The van der Waals surface area contributed by atoms with Gasteiger partial charge < -0.3 is 0 Å². The van der Waals surface area contributed by atoms with Gasteiger partial charge in [0.25, 0.3) is 0 Å². The van der Waals surface area contributed by atoms with Crippen molar-refractivity contribution < 1.29 is 0 Å². The van der Waals surface area contributed by atoms with Crippen LogP contribution in [-0.4, -0.2) is 34.5 Å². The molecule has 2 heterocycles. The summed E-state index contributed by atoms with van der Waals surface area (Å²) in [6.45, 7) is 3.32. The van der Waals surface area contributed by atoms with E-state index in [1.807, 2.05) is 18.0 Å². The van der Waals surface area contributed by atoms with E-state index in [9.17, 15) is 0 Å². The lowest BCUT2D eigenvalue weighted by atomic mass is 9.99. The Morgan fingerprint density at radius 2 is 1.74 bits per heavy atom. The standard InChI is InChI=1S/C20H20N2S/c1-2-6-19-16(4-1)5-3-7-20(19)17-8-9-18(21-14-17)15-22-10-12-23-13-11-22/h1-9,14H,10-13,15H2. The van der Waals surface area contributed by atoms with E-state index >= 15 is 0 Å². The summed E-state index contributed by atoms with van der Waals surface area (Å²) in [4.78, 5) is 7.20. The Bertz CT molecular complexity index is 787. The summed E-state index contributed by atoms with van der Waals surface area (Å²) in [5.41, 5.74) is 3.62. The Labute approximate surface area is 141 Å². The second-order valence-electron chi connectivity index (χ2n) is 5.95. The van der Waals surface area contributed by atoms with E-state index in [4.69, 9.17) is 4.98 Å². The Morgan fingerprint density at radius 3 is 2.57 bits per heavy atom. The van der Waals surface area contributed by atoms with Gasteiger partial charge in [0.15, 0.2) is 0 Å². The topological polar surface area (TPSA) is 16.1 Å². The predicted octanol–water partition coefficient (Wildman–Crippen LogP) is 4.45. The summed E-state index contributed by atoms with van der Waals surface area (Å²) in [6.07, 6.45) is 2.02. The molecular weight excluding hydrogens is 300 g/mol. The maximum atomic E-state index is 4.71. The van der Waals surface area contributed by atoms with Gasteiger partial charge in [0.05, 0.1) is 5.69 Å². The number of thioether (sulfide) groups is 1. The Balaban J connectivity index is 1.59. The number of benzene rings is 2. The quantitative estimate of drug-likeness (QED) is 0.709. The molecule has 0 aliphatic carbocycles. The lowest BCUT2D eigenvalue weighted by Crippen LogP contribution is -2.32. The summed E-state index contributed by atoms with van der Waals surface area (Å²) in [7, 11) is 0. The van der Waals surface area contributed by atoms with Crippen LogP contribution in [-0.2, 0) is 6.54 Å². The first kappa shape index (κ1) is 14.7. The van der Waals surface area contributed by atoms with E-state index in [1.165, 1.54) is 52.2 Å². The molecule has 2 nitrogen and oxygen atoms in total. The summed E-state index contributed by atoms with van der Waals surface area (Å²) < 4.78 is 0. The van der Waals surface area contributed by atoms with Gasteiger partial charge in [-0.25, -0.2) is 0 Å². The zero-order chi connectivity index (χ0) is 15.5. The molecule has 0 unspecified atom stereocenters. The molecule has 0 radical (unpaired) electrons. The Kier molecular flexibility index (Phi) is 4.31. The van der Waals surface area contributed by atoms with Gasteiger partial charge in [-0.3, -0.25) is 9.88 Å². The number of rotatable bonds is 3. The minimum atomic E-state index is 0.969. The highest BCUT2D eigenvalue weighted by atomic mass is 32.2. The maximum absolute atomic E-state index is 4.71. The van der Waals surface area contributed by atoms with Gasteiger partial charge in [0.1, 0.15) is 0 Å². The molecule has 4 rings (SSSR count). The monoisotopic (exact) mass is 320 g/mol. The highest BCUT2D eigenvalue weighted by Crippen LogP contribution is 2.28. The largest absolute Gasteiger partial charge is 0.296 e. The molecule has 0 bridgehead atoms. The molecular formula is C20H20N2S. The van der Waals surface area contributed by atoms with Gasteiger partial charge in [-0.05, 0) is 22.4 Å². The van der Waals surface area contributed by atoms with E-state index in [-0.39, 0.29) is 0 Å². The summed E-state index contributed by atoms with van der Waals surface area (Å²) in [6, 6.07) is 19.4. The van der Waals surface area contributed by atoms with Crippen molar-refractivity contribution in [2.75, 3.05) is 24.6 Å². The zero-order valence-corrected chi connectivity index (χ0v) is 13.9. The van der Waals surface area contributed by atoms with Gasteiger partial charge in [0.2, 0.25) is 0 Å². The SMILES string of the molecule is c1ccc2c(-c3ccc(CN4CCSCC4)nc3)cccc2c1. The van der Waals surface area contributed by atoms with Crippen molar-refractivity contribution in [2.45, 2.75) is 6.54 Å². The van der Waals surface area contributed by atoms with E-state index < -0.39 is 0 Å². The minimum Gasteiger partial charge on any atom is -0.296 e. The molecule has 23 heavy (non-hydrogen) atoms. The second-order valence-corrected chi connectivity index (χ2v) is 7.18. The fourth-order valence-corrected chi connectivity index (χ4v) is 4.12. The van der Waals surface area contributed by atoms with E-state index in [1.54, 1.807) is 0 Å². The van der Waals surface area contributed by atoms with Gasteiger partial charge >= 0.3 is 0 Å². The average molecular weight is 320 g/mol. The summed E-state index contributed by atoms with van der Waals surface area (Å²) >= 11 is 2.05. The van der Waals surface area contributed by atoms with Crippen LogP contribution in [0.2, 0.25) is 0 Å². The number of pyridine rings is 1. The highest BCUT2D eigenvalue weighted by Gasteiger charge is 2.11. The molecule has 0 atom stereocenters. The summed E-state index contributed by atoms with van der Waals surface area (Å²) in [5, 5.41) is 2.57. The fraction of sp³-hybridized carbons (Fsp3) is 0.250. The predicted molar refractivity (Wildman–Crippen MR) is 99.8 cm³/mol. The van der Waals surface area contributed by atoms with Gasteiger partial charge in [-0.2, -0.15) is 11.8 Å². The number of hydrogen-bond acceptors (Lipinski definition) is 3. The molecule has 0 amide bonds. The molecule has 1 aliphatic rings. The van der Waals surface area contributed by atoms with Crippen LogP contribution in [0.4, 0.5) is 0 Å².